The molecule has 2 aromatic rings. The average Bonchev–Trinajstić information content (AvgIpc) is 2.43. The molecule has 2 rings (SSSR count). The highest BCUT2D eigenvalue weighted by Gasteiger charge is 2.08. The lowest BCUT2D eigenvalue weighted by atomic mass is 10.1. The summed E-state index contributed by atoms with van der Waals surface area (Å²) in [6, 6.07) is 15.5. The van der Waals surface area contributed by atoms with Crippen LogP contribution in [0.25, 0.3) is 0 Å². The van der Waals surface area contributed by atoms with Crippen LogP contribution in [0.15, 0.2) is 53.0 Å². The first kappa shape index (κ1) is 13.8. The van der Waals surface area contributed by atoms with Gasteiger partial charge in [-0.15, -0.1) is 0 Å². The first-order chi connectivity index (χ1) is 9.16. The topological polar surface area (TPSA) is 26.3 Å². The van der Waals surface area contributed by atoms with Crippen LogP contribution in [-0.2, 0) is 22.6 Å². The number of hydrogen-bond acceptors (Lipinski definition) is 2. The first-order valence-corrected chi connectivity index (χ1v) is 6.89. The Morgan fingerprint density at radius 2 is 1.84 bits per heavy atom. The van der Waals surface area contributed by atoms with E-state index < -0.39 is 0 Å². The zero-order valence-electron chi connectivity index (χ0n) is 10.7. The number of hydrogen-bond donors (Lipinski definition) is 0. The Hall–Kier alpha value is -1.61. The molecule has 98 valence electrons. The average molecular weight is 319 g/mol. The molecule has 0 saturated heterocycles. The molecule has 0 atom stereocenters. The molecule has 0 unspecified atom stereocenters. The molecular weight excluding hydrogens is 304 g/mol. The van der Waals surface area contributed by atoms with Crippen LogP contribution in [0.5, 0.6) is 0 Å². The van der Waals surface area contributed by atoms with E-state index in [1.54, 1.807) is 0 Å². The first-order valence-electron chi connectivity index (χ1n) is 6.10. The summed E-state index contributed by atoms with van der Waals surface area (Å²) in [5.74, 6) is -0.204. The second kappa shape index (κ2) is 6.53. The van der Waals surface area contributed by atoms with Gasteiger partial charge in [0.05, 0.1) is 6.42 Å². The molecule has 0 spiro atoms. The van der Waals surface area contributed by atoms with Crippen LogP contribution < -0.4 is 0 Å². The predicted octanol–water partition coefficient (Wildman–Crippen LogP) is 4.04. The summed E-state index contributed by atoms with van der Waals surface area (Å²) < 4.78 is 6.29. The lowest BCUT2D eigenvalue weighted by Gasteiger charge is -2.08. The summed E-state index contributed by atoms with van der Waals surface area (Å²) in [7, 11) is 0. The molecule has 0 amide bonds. The molecule has 19 heavy (non-hydrogen) atoms. The van der Waals surface area contributed by atoms with Gasteiger partial charge in [-0.05, 0) is 29.7 Å². The number of esters is 1. The number of rotatable bonds is 4. The maximum atomic E-state index is 11.8. The Kier molecular flexibility index (Phi) is 4.74. The number of carbonyl (C=O) groups is 1. The van der Waals surface area contributed by atoms with E-state index in [1.807, 2.05) is 55.5 Å². The molecule has 0 bridgehead atoms. The van der Waals surface area contributed by atoms with Crippen LogP contribution >= 0.6 is 15.9 Å². The number of carbonyl (C=O) groups excluding carboxylic acids is 1. The van der Waals surface area contributed by atoms with E-state index in [1.165, 1.54) is 0 Å². The van der Waals surface area contributed by atoms with E-state index >= 15 is 0 Å². The Balaban J connectivity index is 1.93. The molecule has 2 nitrogen and oxygen atoms in total. The van der Waals surface area contributed by atoms with E-state index in [0.717, 1.165) is 21.2 Å². The minimum Gasteiger partial charge on any atom is -0.461 e. The normalized spacial score (nSPS) is 10.2. The molecule has 0 aliphatic rings. The van der Waals surface area contributed by atoms with Crippen LogP contribution in [-0.4, -0.2) is 5.97 Å². The molecule has 0 heterocycles. The summed E-state index contributed by atoms with van der Waals surface area (Å²) in [5, 5.41) is 0. The van der Waals surface area contributed by atoms with Crippen LogP contribution in [0.1, 0.15) is 16.7 Å². The third-order valence-electron chi connectivity index (χ3n) is 2.96. The van der Waals surface area contributed by atoms with Crippen molar-refractivity contribution in [3.8, 4) is 0 Å². The molecule has 0 saturated carbocycles. The molecule has 0 N–H and O–H groups in total. The molecule has 2 aromatic carbocycles. The minimum absolute atomic E-state index is 0.204. The van der Waals surface area contributed by atoms with Gasteiger partial charge in [0.1, 0.15) is 6.61 Å². The van der Waals surface area contributed by atoms with Gasteiger partial charge in [-0.2, -0.15) is 0 Å². The summed E-state index contributed by atoms with van der Waals surface area (Å²) in [6.07, 6.45) is 0.304. The maximum absolute atomic E-state index is 11.8. The largest absolute Gasteiger partial charge is 0.461 e. The number of halogens is 1. The lowest BCUT2D eigenvalue weighted by Crippen LogP contribution is -2.09. The van der Waals surface area contributed by atoms with Crippen LogP contribution in [0.3, 0.4) is 0 Å². The molecule has 0 aliphatic carbocycles. The fraction of sp³-hybridized carbons (Fsp3) is 0.188. The fourth-order valence-corrected chi connectivity index (χ4v) is 2.20. The second-order valence-corrected chi connectivity index (χ2v) is 5.20. The van der Waals surface area contributed by atoms with Gasteiger partial charge >= 0.3 is 5.97 Å². The van der Waals surface area contributed by atoms with Gasteiger partial charge in [0, 0.05) is 4.47 Å². The van der Waals surface area contributed by atoms with E-state index in [2.05, 4.69) is 15.9 Å². The highest BCUT2D eigenvalue weighted by Crippen LogP contribution is 2.20. The zero-order valence-corrected chi connectivity index (χ0v) is 12.3. The summed E-state index contributed by atoms with van der Waals surface area (Å²) in [5.41, 5.74) is 3.08. The van der Waals surface area contributed by atoms with Gasteiger partial charge in [-0.3, -0.25) is 4.79 Å². The smallest absolute Gasteiger partial charge is 0.310 e. The molecule has 0 fully saturated rings. The van der Waals surface area contributed by atoms with E-state index in [9.17, 15) is 4.79 Å². The highest BCUT2D eigenvalue weighted by molar-refractivity contribution is 9.10. The Morgan fingerprint density at radius 3 is 2.58 bits per heavy atom. The van der Waals surface area contributed by atoms with Crippen molar-refractivity contribution in [1.82, 2.24) is 0 Å². The van der Waals surface area contributed by atoms with Gasteiger partial charge in [0.2, 0.25) is 0 Å². The van der Waals surface area contributed by atoms with Crippen molar-refractivity contribution in [2.24, 2.45) is 0 Å². The van der Waals surface area contributed by atoms with E-state index in [0.29, 0.717) is 13.0 Å². The van der Waals surface area contributed by atoms with Gasteiger partial charge in [-0.1, -0.05) is 58.4 Å². The fourth-order valence-electron chi connectivity index (χ4n) is 1.79. The Labute approximate surface area is 121 Å². The van der Waals surface area contributed by atoms with Crippen molar-refractivity contribution < 1.29 is 9.53 Å². The third kappa shape index (κ3) is 3.93. The number of ether oxygens (including phenoxy) is 1. The van der Waals surface area contributed by atoms with Gasteiger partial charge in [0.25, 0.3) is 0 Å². The van der Waals surface area contributed by atoms with Crippen molar-refractivity contribution in [2.45, 2.75) is 20.0 Å². The minimum atomic E-state index is -0.204. The second-order valence-electron chi connectivity index (χ2n) is 4.35. The SMILES string of the molecule is Cc1c(Br)cccc1CC(=O)OCc1ccccc1. The van der Waals surface area contributed by atoms with Gasteiger partial charge in [0.15, 0.2) is 0 Å². The molecule has 0 aromatic heterocycles. The Bertz CT molecular complexity index is 564. The summed E-state index contributed by atoms with van der Waals surface area (Å²) >= 11 is 3.46. The monoisotopic (exact) mass is 318 g/mol. The summed E-state index contributed by atoms with van der Waals surface area (Å²) in [4.78, 5) is 11.8. The van der Waals surface area contributed by atoms with Gasteiger partial charge in [-0.25, -0.2) is 0 Å². The lowest BCUT2D eigenvalue weighted by molar-refractivity contribution is -0.144. The standard InChI is InChI=1S/C16H15BrO2/c1-12-14(8-5-9-15(12)17)10-16(18)19-11-13-6-3-2-4-7-13/h2-9H,10-11H2,1H3. The molecule has 3 heteroatoms. The van der Waals surface area contributed by atoms with Crippen molar-refractivity contribution in [3.63, 3.8) is 0 Å². The molecule has 0 aliphatic heterocycles. The van der Waals surface area contributed by atoms with Crippen LogP contribution in [0, 0.1) is 6.92 Å². The summed E-state index contributed by atoms with van der Waals surface area (Å²) in [6.45, 7) is 2.32. The Morgan fingerprint density at radius 1 is 1.11 bits per heavy atom. The van der Waals surface area contributed by atoms with Crippen LogP contribution in [0.2, 0.25) is 0 Å². The highest BCUT2D eigenvalue weighted by atomic mass is 79.9. The van der Waals surface area contributed by atoms with E-state index in [4.69, 9.17) is 4.74 Å². The van der Waals surface area contributed by atoms with E-state index in [-0.39, 0.29) is 5.97 Å². The van der Waals surface area contributed by atoms with Crippen LogP contribution in [0.4, 0.5) is 0 Å². The zero-order chi connectivity index (χ0) is 13.7. The van der Waals surface area contributed by atoms with Crippen molar-refractivity contribution >= 4 is 21.9 Å². The van der Waals surface area contributed by atoms with Gasteiger partial charge < -0.3 is 4.74 Å². The molecule has 0 radical (unpaired) electrons. The van der Waals surface area contributed by atoms with Crippen molar-refractivity contribution in [3.05, 3.63) is 69.7 Å². The molecular formula is C16H15BrO2. The quantitative estimate of drug-likeness (QED) is 0.795. The van der Waals surface area contributed by atoms with Crippen molar-refractivity contribution in [1.29, 1.82) is 0 Å². The predicted molar refractivity (Wildman–Crippen MR) is 78.8 cm³/mol. The number of benzene rings is 2. The maximum Gasteiger partial charge on any atom is 0.310 e. The third-order valence-corrected chi connectivity index (χ3v) is 3.82. The van der Waals surface area contributed by atoms with Crippen molar-refractivity contribution in [2.75, 3.05) is 0 Å².